The van der Waals surface area contributed by atoms with Crippen molar-refractivity contribution < 1.29 is 75.8 Å². The summed E-state index contributed by atoms with van der Waals surface area (Å²) in [7, 11) is -9.79. The zero-order valence-electron chi connectivity index (χ0n) is 58.1. The molecular weight excluding hydrogens is 1220 g/mol. The number of esters is 3. The highest BCUT2D eigenvalue weighted by Gasteiger charge is 2.29. The van der Waals surface area contributed by atoms with Crippen LogP contribution in [0.3, 0.4) is 0 Å². The molecule has 16 nitrogen and oxygen atoms in total. The van der Waals surface area contributed by atoms with Crippen LogP contribution in [0, 0.1) is 0 Å². The SMILES string of the molecule is CC/C=C\C/C=C\C/C=C\C/C=C\C/C=C\CCCCCCCC(=O)OCC(COP(=O)(O)OCC(O)COP(=O)(O)OCC(O)COC(=O)CCCCCCCCC/C=C\C/C=C\C/C=C\C/C=C\CCCCC)OC(=O)CCCCCCCCCCCCCCC. The van der Waals surface area contributed by atoms with Gasteiger partial charge in [-0.25, -0.2) is 9.13 Å². The van der Waals surface area contributed by atoms with Crippen LogP contribution in [0.4, 0.5) is 0 Å². The number of carbonyl (C=O) groups excluding carboxylic acids is 3. The highest BCUT2D eigenvalue weighted by molar-refractivity contribution is 7.47. The number of ether oxygens (including phenoxy) is 3. The minimum atomic E-state index is -4.93. The molecule has 0 radical (unpaired) electrons. The van der Waals surface area contributed by atoms with Gasteiger partial charge in [0.05, 0.1) is 26.4 Å². The van der Waals surface area contributed by atoms with Gasteiger partial charge < -0.3 is 34.2 Å². The van der Waals surface area contributed by atoms with E-state index >= 15 is 0 Å². The molecule has 0 fully saturated rings. The second-order valence-electron chi connectivity index (χ2n) is 24.0. The van der Waals surface area contributed by atoms with Crippen molar-refractivity contribution in [3.05, 3.63) is 109 Å². The maximum Gasteiger partial charge on any atom is 0.472 e. The smallest absolute Gasteiger partial charge is 0.463 e. The van der Waals surface area contributed by atoms with Crippen LogP contribution in [0.25, 0.3) is 0 Å². The molecule has 0 heterocycles. The summed E-state index contributed by atoms with van der Waals surface area (Å²) in [6, 6.07) is 0. The lowest BCUT2D eigenvalue weighted by Crippen LogP contribution is -2.30. The van der Waals surface area contributed by atoms with Crippen molar-refractivity contribution in [1.29, 1.82) is 0 Å². The molecule has 0 aromatic heterocycles. The molecule has 0 saturated carbocycles. The lowest BCUT2D eigenvalue weighted by atomic mass is 10.0. The minimum Gasteiger partial charge on any atom is -0.463 e. The molecule has 0 amide bonds. The van der Waals surface area contributed by atoms with Crippen LogP contribution < -0.4 is 0 Å². The number of hydrogen-bond donors (Lipinski definition) is 4. The lowest BCUT2D eigenvalue weighted by molar-refractivity contribution is -0.161. The molecule has 0 saturated heterocycles. The van der Waals surface area contributed by atoms with Crippen molar-refractivity contribution in [1.82, 2.24) is 0 Å². The number of allylic oxidation sites excluding steroid dienone is 18. The normalized spacial score (nSPS) is 14.8. The van der Waals surface area contributed by atoms with E-state index in [-0.39, 0.29) is 19.3 Å². The summed E-state index contributed by atoms with van der Waals surface area (Å²) >= 11 is 0. The zero-order valence-corrected chi connectivity index (χ0v) is 59.9. The van der Waals surface area contributed by atoms with Crippen molar-refractivity contribution >= 4 is 33.6 Å². The van der Waals surface area contributed by atoms with Crippen LogP contribution >= 0.6 is 15.6 Å². The Morgan fingerprint density at radius 3 is 0.925 bits per heavy atom. The van der Waals surface area contributed by atoms with E-state index < -0.39 is 91.5 Å². The molecule has 0 bridgehead atoms. The van der Waals surface area contributed by atoms with Gasteiger partial charge in [-0.15, -0.1) is 0 Å². The van der Waals surface area contributed by atoms with Crippen LogP contribution in [0.1, 0.15) is 290 Å². The highest BCUT2D eigenvalue weighted by Crippen LogP contribution is 2.45. The second kappa shape index (κ2) is 68.2. The van der Waals surface area contributed by atoms with E-state index in [1.807, 2.05) is 0 Å². The lowest BCUT2D eigenvalue weighted by Gasteiger charge is -2.21. The zero-order chi connectivity index (χ0) is 68.1. The maximum atomic E-state index is 12.9. The third-order valence-electron chi connectivity index (χ3n) is 15.0. The number of aliphatic hydroxyl groups is 2. The number of phosphoric acid groups is 2. The molecule has 0 aromatic carbocycles. The standard InChI is InChI=1S/C75H130O16P2/c1-4-7-10-13-16-19-22-25-27-29-31-33-34-36-38-39-41-44-46-49-52-55-58-61-73(78)85-64-70(76)65-87-92(81,82)88-66-71(77)67-89-93(83,84)90-69-72(91-75(80)63-60-57-54-51-48-43-24-21-18-15-12-9-6-3)68-86-74(79)62-59-56-53-50-47-45-42-40-37-35-32-30-28-26-23-20-17-14-11-8-5-2/h8,11,16-17,19-20,25-28,31-33,35-36,38,40,42,70-72,76-77H,4-7,9-10,12-15,18,21-24,29-30,34,37,39,41,43-69H2,1-3H3,(H,81,82)(H,83,84)/b11-8-,19-16-,20-17-,27-25-,28-26-,33-31-,35-32-,38-36-,42-40-. The second-order valence-corrected chi connectivity index (χ2v) is 26.9. The first kappa shape index (κ1) is 89.2. The van der Waals surface area contributed by atoms with Crippen LogP contribution in [-0.2, 0) is 55.8 Å². The predicted molar refractivity (Wildman–Crippen MR) is 380 cm³/mol. The number of rotatable bonds is 68. The summed E-state index contributed by atoms with van der Waals surface area (Å²) in [6.45, 7) is 2.51. The molecule has 0 rings (SSSR count). The molecule has 536 valence electrons. The summed E-state index contributed by atoms with van der Waals surface area (Å²) in [5.74, 6) is -1.60. The third-order valence-corrected chi connectivity index (χ3v) is 16.9. The van der Waals surface area contributed by atoms with Gasteiger partial charge in [0.25, 0.3) is 0 Å². The molecule has 0 aliphatic rings. The Hall–Kier alpha value is -3.79. The first-order valence-corrected chi connectivity index (χ1v) is 39.2. The maximum absolute atomic E-state index is 12.9. The Balaban J connectivity index is 4.62. The van der Waals surface area contributed by atoms with Crippen molar-refractivity contribution in [3.8, 4) is 0 Å². The largest absolute Gasteiger partial charge is 0.472 e. The van der Waals surface area contributed by atoms with E-state index in [1.165, 1.54) is 77.0 Å². The Morgan fingerprint density at radius 1 is 0.312 bits per heavy atom. The summed E-state index contributed by atoms with van der Waals surface area (Å²) in [5.41, 5.74) is 0. The molecule has 0 spiro atoms. The fourth-order valence-corrected chi connectivity index (χ4v) is 11.0. The van der Waals surface area contributed by atoms with Gasteiger partial charge in [0.2, 0.25) is 0 Å². The molecule has 5 atom stereocenters. The fraction of sp³-hybridized carbons (Fsp3) is 0.720. The fourth-order valence-electron chi connectivity index (χ4n) is 9.46. The van der Waals surface area contributed by atoms with E-state index in [4.69, 9.17) is 32.3 Å². The summed E-state index contributed by atoms with van der Waals surface area (Å²) in [6.07, 6.45) is 77.0. The topological polar surface area (TPSA) is 231 Å². The van der Waals surface area contributed by atoms with Crippen LogP contribution in [-0.4, -0.2) is 95.9 Å². The Labute approximate surface area is 564 Å². The molecule has 18 heteroatoms. The number of hydrogen-bond acceptors (Lipinski definition) is 14. The van der Waals surface area contributed by atoms with Gasteiger partial charge in [0.1, 0.15) is 25.4 Å². The van der Waals surface area contributed by atoms with Crippen molar-refractivity contribution in [2.75, 3.05) is 39.6 Å². The monoisotopic (exact) mass is 1350 g/mol. The van der Waals surface area contributed by atoms with E-state index in [9.17, 15) is 43.5 Å². The van der Waals surface area contributed by atoms with Gasteiger partial charge in [-0.3, -0.25) is 32.5 Å². The number of carbonyl (C=O) groups is 3. The third kappa shape index (κ3) is 69.4. The highest BCUT2D eigenvalue weighted by atomic mass is 31.2. The van der Waals surface area contributed by atoms with E-state index in [0.29, 0.717) is 19.3 Å². The molecule has 93 heavy (non-hydrogen) atoms. The average molecular weight is 1350 g/mol. The quantitative estimate of drug-likeness (QED) is 0.0146. The van der Waals surface area contributed by atoms with Gasteiger partial charge in [-0.05, 0) is 109 Å². The molecule has 0 aromatic rings. The van der Waals surface area contributed by atoms with Gasteiger partial charge in [-0.2, -0.15) is 0 Å². The van der Waals surface area contributed by atoms with Crippen molar-refractivity contribution in [2.24, 2.45) is 0 Å². The van der Waals surface area contributed by atoms with E-state index in [1.54, 1.807) is 0 Å². The van der Waals surface area contributed by atoms with Gasteiger partial charge in [0.15, 0.2) is 6.10 Å². The van der Waals surface area contributed by atoms with Crippen LogP contribution in [0.2, 0.25) is 0 Å². The van der Waals surface area contributed by atoms with Gasteiger partial charge >= 0.3 is 33.6 Å². The van der Waals surface area contributed by atoms with E-state index in [2.05, 4.69) is 130 Å². The van der Waals surface area contributed by atoms with Gasteiger partial charge in [0, 0.05) is 19.3 Å². The summed E-state index contributed by atoms with van der Waals surface area (Å²) in [4.78, 5) is 58.5. The Morgan fingerprint density at radius 2 is 0.570 bits per heavy atom. The Kier molecular flexibility index (Phi) is 65.4. The molecule has 5 unspecified atom stereocenters. The molecule has 0 aliphatic heterocycles. The van der Waals surface area contributed by atoms with Crippen molar-refractivity contribution in [2.45, 2.75) is 309 Å². The first-order chi connectivity index (χ1) is 45.2. The molecular formula is C75H130O16P2. The number of unbranched alkanes of at least 4 members (excludes halogenated alkanes) is 27. The first-order valence-electron chi connectivity index (χ1n) is 36.2. The summed E-state index contributed by atoms with van der Waals surface area (Å²) < 4.78 is 61.0. The van der Waals surface area contributed by atoms with Crippen molar-refractivity contribution in [3.63, 3.8) is 0 Å². The summed E-state index contributed by atoms with van der Waals surface area (Å²) in [5, 5.41) is 20.6. The number of phosphoric ester groups is 2. The number of aliphatic hydroxyl groups excluding tert-OH is 2. The predicted octanol–water partition coefficient (Wildman–Crippen LogP) is 20.4. The van der Waals surface area contributed by atoms with E-state index in [0.717, 1.165) is 154 Å². The molecule has 4 N–H and O–H groups in total. The van der Waals surface area contributed by atoms with Crippen LogP contribution in [0.15, 0.2) is 109 Å². The van der Waals surface area contributed by atoms with Crippen LogP contribution in [0.5, 0.6) is 0 Å². The van der Waals surface area contributed by atoms with Gasteiger partial charge in [-0.1, -0.05) is 271 Å². The molecule has 0 aliphatic carbocycles. The Bertz CT molecular complexity index is 2130. The minimum absolute atomic E-state index is 0.101. The average Bonchev–Trinajstić information content (AvgIpc) is 3.52.